The van der Waals surface area contributed by atoms with Gasteiger partial charge in [0, 0.05) is 0 Å². The van der Waals surface area contributed by atoms with E-state index in [4.69, 9.17) is 0 Å². The Hall–Kier alpha value is 0.306. The number of hydrogen-bond donors (Lipinski definition) is 0. The van der Waals surface area contributed by atoms with E-state index in [1.807, 2.05) is 18.2 Å². The van der Waals surface area contributed by atoms with Crippen molar-refractivity contribution < 1.29 is 51.4 Å². The molecule has 1 aromatic carbocycles. The van der Waals surface area contributed by atoms with Crippen LogP contribution in [0.2, 0.25) is 0 Å². The summed E-state index contributed by atoms with van der Waals surface area (Å²) >= 11 is 0. The molecule has 0 N–H and O–H groups in total. The zero-order valence-electron chi connectivity index (χ0n) is 10.3. The molecule has 17 heavy (non-hydrogen) atoms. The Morgan fingerprint density at radius 1 is 1.12 bits per heavy atom. The first-order chi connectivity index (χ1) is 7.83. The van der Waals surface area contributed by atoms with E-state index >= 15 is 0 Å². The number of rotatable bonds is 1. The van der Waals surface area contributed by atoms with Crippen molar-refractivity contribution >= 4 is 0 Å². The Kier molecular flexibility index (Phi) is 4.14. The molecule has 1 aliphatic carbocycles. The Balaban J connectivity index is 0.00000108. The van der Waals surface area contributed by atoms with Crippen LogP contribution in [-0.4, -0.2) is 13.1 Å². The van der Waals surface area contributed by atoms with Crippen LogP contribution in [0.1, 0.15) is 24.8 Å². The van der Waals surface area contributed by atoms with Crippen LogP contribution in [0.25, 0.3) is 5.32 Å². The molecule has 1 aliphatic heterocycles. The van der Waals surface area contributed by atoms with Crippen molar-refractivity contribution in [1.82, 2.24) is 0 Å². The van der Waals surface area contributed by atoms with Gasteiger partial charge in [-0.25, -0.2) is 0 Å². The largest absolute Gasteiger partial charge is 1.00 e. The average molecular weight is 250 g/mol. The van der Waals surface area contributed by atoms with Gasteiger partial charge >= 0.3 is 51.4 Å². The molecule has 1 saturated carbocycles. The Morgan fingerprint density at radius 2 is 1.76 bits per heavy atom. The van der Waals surface area contributed by atoms with Crippen LogP contribution in [0.4, 0.5) is 0 Å². The van der Waals surface area contributed by atoms with Gasteiger partial charge in [-0.2, -0.15) is 5.26 Å². The topological polar surface area (TPSA) is 37.9 Å². The number of nitriles is 1. The van der Waals surface area contributed by atoms with E-state index in [-0.39, 0.29) is 62.2 Å². The SMILES string of the molecule is N#CC1(c2ccccc2)CC12CC[N-]CC2.[K+]. The quantitative estimate of drug-likeness (QED) is 0.647. The average Bonchev–Trinajstić information content (AvgIpc) is 3.00. The van der Waals surface area contributed by atoms with Gasteiger partial charge in [0.2, 0.25) is 0 Å². The summed E-state index contributed by atoms with van der Waals surface area (Å²) < 4.78 is 0. The van der Waals surface area contributed by atoms with E-state index < -0.39 is 0 Å². The zero-order valence-corrected chi connectivity index (χ0v) is 13.4. The summed E-state index contributed by atoms with van der Waals surface area (Å²) in [5.74, 6) is 0. The summed E-state index contributed by atoms with van der Waals surface area (Å²) in [5, 5.41) is 13.9. The van der Waals surface area contributed by atoms with Crippen LogP contribution in [0.5, 0.6) is 0 Å². The molecule has 1 spiro atoms. The van der Waals surface area contributed by atoms with Gasteiger partial charge in [0.15, 0.2) is 0 Å². The van der Waals surface area contributed by atoms with E-state index in [2.05, 4.69) is 23.5 Å². The van der Waals surface area contributed by atoms with Crippen LogP contribution >= 0.6 is 0 Å². The van der Waals surface area contributed by atoms with Gasteiger partial charge in [-0.3, -0.25) is 0 Å². The maximum atomic E-state index is 9.55. The minimum Gasteiger partial charge on any atom is -0.662 e. The first-order valence-electron chi connectivity index (χ1n) is 5.93. The minimum absolute atomic E-state index is 0. The molecular weight excluding hydrogens is 235 g/mol. The molecule has 0 aromatic heterocycles. The molecule has 1 unspecified atom stereocenters. The second-order valence-electron chi connectivity index (χ2n) is 5.01. The van der Waals surface area contributed by atoms with Gasteiger partial charge in [0.05, 0.1) is 11.5 Å². The van der Waals surface area contributed by atoms with Crippen LogP contribution in [0.15, 0.2) is 30.3 Å². The fraction of sp³-hybridized carbons (Fsp3) is 0.500. The molecular formula is C14H15KN2. The third-order valence-corrected chi connectivity index (χ3v) is 4.34. The monoisotopic (exact) mass is 250 g/mol. The van der Waals surface area contributed by atoms with E-state index in [9.17, 15) is 5.26 Å². The first-order valence-corrected chi connectivity index (χ1v) is 5.93. The van der Waals surface area contributed by atoms with Crippen LogP contribution in [-0.2, 0) is 5.41 Å². The summed E-state index contributed by atoms with van der Waals surface area (Å²) in [4.78, 5) is 0. The second kappa shape index (κ2) is 5.12. The third kappa shape index (κ3) is 2.05. The zero-order chi connectivity index (χ0) is 11.1. The maximum Gasteiger partial charge on any atom is 1.00 e. The summed E-state index contributed by atoms with van der Waals surface area (Å²) in [6, 6.07) is 12.9. The van der Waals surface area contributed by atoms with Gasteiger partial charge in [-0.05, 0) is 17.4 Å². The number of piperidine rings is 1. The van der Waals surface area contributed by atoms with E-state index in [1.54, 1.807) is 0 Å². The fourth-order valence-corrected chi connectivity index (χ4v) is 3.24. The van der Waals surface area contributed by atoms with Crippen molar-refractivity contribution in [1.29, 1.82) is 5.26 Å². The molecule has 1 aromatic rings. The Labute approximate surface area is 145 Å². The van der Waals surface area contributed by atoms with Gasteiger partial charge in [-0.15, -0.1) is 13.1 Å². The Bertz CT molecular complexity index is 431. The predicted molar refractivity (Wildman–Crippen MR) is 63.1 cm³/mol. The molecule has 3 heteroatoms. The van der Waals surface area contributed by atoms with Crippen molar-refractivity contribution in [3.63, 3.8) is 0 Å². The molecule has 2 fully saturated rings. The van der Waals surface area contributed by atoms with E-state index in [0.717, 1.165) is 32.4 Å². The van der Waals surface area contributed by atoms with Gasteiger partial charge in [0.25, 0.3) is 0 Å². The number of nitrogens with zero attached hydrogens (tertiary/aromatic N) is 2. The normalized spacial score (nSPS) is 29.1. The molecule has 0 bridgehead atoms. The van der Waals surface area contributed by atoms with Crippen molar-refractivity contribution in [2.75, 3.05) is 13.1 Å². The van der Waals surface area contributed by atoms with E-state index in [0.29, 0.717) is 0 Å². The number of hydrogen-bond acceptors (Lipinski definition) is 1. The van der Waals surface area contributed by atoms with Gasteiger partial charge < -0.3 is 5.32 Å². The molecule has 3 rings (SSSR count). The summed E-state index contributed by atoms with van der Waals surface area (Å²) in [6.45, 7) is 1.88. The van der Waals surface area contributed by atoms with Crippen molar-refractivity contribution in [2.24, 2.45) is 5.41 Å². The predicted octanol–water partition coefficient (Wildman–Crippen LogP) is 0.00958. The second-order valence-corrected chi connectivity index (χ2v) is 5.01. The molecule has 1 heterocycles. The smallest absolute Gasteiger partial charge is 0.662 e. The molecule has 1 atom stereocenters. The van der Waals surface area contributed by atoms with Gasteiger partial charge in [0.1, 0.15) is 0 Å². The molecule has 0 radical (unpaired) electrons. The summed E-state index contributed by atoms with van der Waals surface area (Å²) in [6.07, 6.45) is 3.22. The molecule has 1 saturated heterocycles. The molecule has 0 amide bonds. The first kappa shape index (κ1) is 13.7. The molecule has 82 valence electrons. The summed E-state index contributed by atoms with van der Waals surface area (Å²) in [5.41, 5.74) is 1.24. The fourth-order valence-electron chi connectivity index (χ4n) is 3.24. The third-order valence-electron chi connectivity index (χ3n) is 4.34. The molecule has 2 aliphatic rings. The summed E-state index contributed by atoms with van der Waals surface area (Å²) in [7, 11) is 0. The van der Waals surface area contributed by atoms with Gasteiger partial charge in [-0.1, -0.05) is 43.2 Å². The Morgan fingerprint density at radius 3 is 2.35 bits per heavy atom. The molecule has 2 nitrogen and oxygen atoms in total. The van der Waals surface area contributed by atoms with Crippen LogP contribution in [0, 0.1) is 16.7 Å². The van der Waals surface area contributed by atoms with E-state index in [1.165, 1.54) is 5.56 Å². The number of benzene rings is 1. The van der Waals surface area contributed by atoms with Crippen molar-refractivity contribution in [3.8, 4) is 6.07 Å². The van der Waals surface area contributed by atoms with Crippen LogP contribution in [0.3, 0.4) is 0 Å². The maximum absolute atomic E-state index is 9.55. The van der Waals surface area contributed by atoms with Crippen LogP contribution < -0.4 is 51.4 Å². The van der Waals surface area contributed by atoms with Crippen molar-refractivity contribution in [3.05, 3.63) is 41.2 Å². The standard InChI is InChI=1S/C14H15N2.K/c15-11-14(12-4-2-1-3-5-12)10-13(14)6-8-16-9-7-13;/h1-5H,6-10H2;/q-1;+1. The minimum atomic E-state index is -0.204. The van der Waals surface area contributed by atoms with Crippen molar-refractivity contribution in [2.45, 2.75) is 24.7 Å².